The number of aliphatic hydroxyl groups is 1. The molecule has 2 rings (SSSR count). The Morgan fingerprint density at radius 3 is 2.82 bits per heavy atom. The molecule has 1 saturated heterocycles. The highest BCUT2D eigenvalue weighted by atomic mass is 16.3. The summed E-state index contributed by atoms with van der Waals surface area (Å²) >= 11 is 0. The SMILES string of the molecule is N=C(N)c1cccnc1N1CCC(CO)CC1. The molecule has 1 aromatic heterocycles. The number of pyridine rings is 1. The van der Waals surface area contributed by atoms with Gasteiger partial charge >= 0.3 is 0 Å². The molecule has 1 aliphatic heterocycles. The molecule has 4 N–H and O–H groups in total. The zero-order valence-electron chi connectivity index (χ0n) is 9.76. The summed E-state index contributed by atoms with van der Waals surface area (Å²) < 4.78 is 0. The van der Waals surface area contributed by atoms with Crippen LogP contribution in [0.4, 0.5) is 5.82 Å². The Balaban J connectivity index is 2.15. The van der Waals surface area contributed by atoms with Gasteiger partial charge in [-0.25, -0.2) is 4.98 Å². The number of nitrogens with one attached hydrogen (secondary N) is 1. The van der Waals surface area contributed by atoms with E-state index in [4.69, 9.17) is 16.2 Å². The molecule has 2 heterocycles. The molecule has 92 valence electrons. The average Bonchev–Trinajstić information content (AvgIpc) is 2.39. The topological polar surface area (TPSA) is 86.2 Å². The second kappa shape index (κ2) is 5.14. The average molecular weight is 234 g/mol. The molecule has 0 radical (unpaired) electrons. The van der Waals surface area contributed by atoms with Crippen LogP contribution < -0.4 is 10.6 Å². The molecule has 0 amide bonds. The fourth-order valence-electron chi connectivity index (χ4n) is 2.19. The van der Waals surface area contributed by atoms with Crippen molar-refractivity contribution in [3.05, 3.63) is 23.9 Å². The fourth-order valence-corrected chi connectivity index (χ4v) is 2.19. The van der Waals surface area contributed by atoms with Gasteiger partial charge in [0.05, 0.1) is 5.56 Å². The number of nitrogens with two attached hydrogens (primary N) is 1. The van der Waals surface area contributed by atoms with Crippen LogP contribution in [0, 0.1) is 11.3 Å². The van der Waals surface area contributed by atoms with Crippen LogP contribution in [0.2, 0.25) is 0 Å². The molecule has 0 bridgehead atoms. The van der Waals surface area contributed by atoms with E-state index in [0.29, 0.717) is 11.5 Å². The third-order valence-electron chi connectivity index (χ3n) is 3.25. The van der Waals surface area contributed by atoms with Gasteiger partial charge in [0.1, 0.15) is 11.7 Å². The summed E-state index contributed by atoms with van der Waals surface area (Å²) in [7, 11) is 0. The normalized spacial score (nSPS) is 17.1. The fraction of sp³-hybridized carbons (Fsp3) is 0.500. The largest absolute Gasteiger partial charge is 0.396 e. The highest BCUT2D eigenvalue weighted by molar-refractivity contribution is 5.99. The third kappa shape index (κ3) is 2.55. The van der Waals surface area contributed by atoms with E-state index >= 15 is 0 Å². The highest BCUT2D eigenvalue weighted by Gasteiger charge is 2.21. The first kappa shape index (κ1) is 11.9. The summed E-state index contributed by atoms with van der Waals surface area (Å²) in [5, 5.41) is 16.6. The molecule has 0 saturated carbocycles. The van der Waals surface area contributed by atoms with Crippen molar-refractivity contribution < 1.29 is 5.11 Å². The summed E-state index contributed by atoms with van der Waals surface area (Å²) in [4.78, 5) is 6.46. The molecule has 0 spiro atoms. The number of piperidine rings is 1. The van der Waals surface area contributed by atoms with Gasteiger partial charge in [-0.1, -0.05) is 0 Å². The number of hydrogen-bond donors (Lipinski definition) is 3. The predicted octanol–water partition coefficient (Wildman–Crippen LogP) is 0.574. The number of amidine groups is 1. The van der Waals surface area contributed by atoms with E-state index in [1.807, 2.05) is 6.07 Å². The van der Waals surface area contributed by atoms with Crippen LogP contribution in [-0.2, 0) is 0 Å². The third-order valence-corrected chi connectivity index (χ3v) is 3.25. The molecule has 1 fully saturated rings. The number of rotatable bonds is 3. The van der Waals surface area contributed by atoms with Crippen LogP contribution in [0.1, 0.15) is 18.4 Å². The maximum absolute atomic E-state index is 9.10. The molecule has 0 aromatic carbocycles. The lowest BCUT2D eigenvalue weighted by molar-refractivity contribution is 0.203. The lowest BCUT2D eigenvalue weighted by Gasteiger charge is -2.32. The van der Waals surface area contributed by atoms with E-state index < -0.39 is 0 Å². The zero-order chi connectivity index (χ0) is 12.3. The molecule has 0 atom stereocenters. The number of aliphatic hydroxyl groups excluding tert-OH is 1. The molecule has 1 aliphatic rings. The Morgan fingerprint density at radius 2 is 2.24 bits per heavy atom. The second-order valence-corrected chi connectivity index (χ2v) is 4.40. The zero-order valence-corrected chi connectivity index (χ0v) is 9.76. The van der Waals surface area contributed by atoms with Crippen molar-refractivity contribution in [2.75, 3.05) is 24.6 Å². The van der Waals surface area contributed by atoms with Crippen molar-refractivity contribution in [1.29, 1.82) is 5.41 Å². The quantitative estimate of drug-likeness (QED) is 0.527. The standard InChI is InChI=1S/C12H18N4O/c13-11(14)10-2-1-5-15-12(10)16-6-3-9(8-17)4-7-16/h1-2,5,9,17H,3-4,6-8H2,(H3,13,14). The van der Waals surface area contributed by atoms with Crippen molar-refractivity contribution in [3.63, 3.8) is 0 Å². The summed E-state index contributed by atoms with van der Waals surface area (Å²) in [6.07, 6.45) is 3.65. The summed E-state index contributed by atoms with van der Waals surface area (Å²) in [5.41, 5.74) is 6.24. The number of nitrogen functional groups attached to an aromatic ring is 1. The van der Waals surface area contributed by atoms with Crippen LogP contribution in [0.15, 0.2) is 18.3 Å². The molecule has 1 aromatic rings. The van der Waals surface area contributed by atoms with E-state index in [2.05, 4.69) is 9.88 Å². The minimum atomic E-state index is 0.0531. The molecule has 17 heavy (non-hydrogen) atoms. The summed E-state index contributed by atoms with van der Waals surface area (Å²) in [6.45, 7) is 1.99. The predicted molar refractivity (Wildman–Crippen MR) is 67.3 cm³/mol. The van der Waals surface area contributed by atoms with Crippen LogP contribution in [0.3, 0.4) is 0 Å². The minimum absolute atomic E-state index is 0.0531. The first-order valence-corrected chi connectivity index (χ1v) is 5.87. The van der Waals surface area contributed by atoms with Gasteiger partial charge in [0, 0.05) is 25.9 Å². The Labute approximate surface area is 101 Å². The molecular weight excluding hydrogens is 216 g/mol. The number of hydrogen-bond acceptors (Lipinski definition) is 4. The van der Waals surface area contributed by atoms with Gasteiger partial charge in [-0.05, 0) is 30.9 Å². The van der Waals surface area contributed by atoms with Crippen molar-refractivity contribution >= 4 is 11.7 Å². The van der Waals surface area contributed by atoms with Crippen molar-refractivity contribution in [3.8, 4) is 0 Å². The van der Waals surface area contributed by atoms with Crippen LogP contribution >= 0.6 is 0 Å². The summed E-state index contributed by atoms with van der Waals surface area (Å²) in [6, 6.07) is 3.61. The first-order chi connectivity index (χ1) is 8.22. The van der Waals surface area contributed by atoms with Crippen LogP contribution in [0.5, 0.6) is 0 Å². The van der Waals surface area contributed by atoms with E-state index in [1.54, 1.807) is 12.3 Å². The molecule has 5 nitrogen and oxygen atoms in total. The van der Waals surface area contributed by atoms with Crippen LogP contribution in [0.25, 0.3) is 0 Å². The second-order valence-electron chi connectivity index (χ2n) is 4.40. The van der Waals surface area contributed by atoms with E-state index in [9.17, 15) is 0 Å². The Hall–Kier alpha value is -1.62. The van der Waals surface area contributed by atoms with Gasteiger partial charge in [0.25, 0.3) is 0 Å². The smallest absolute Gasteiger partial charge is 0.139 e. The molecule has 0 aliphatic carbocycles. The van der Waals surface area contributed by atoms with Crippen LogP contribution in [-0.4, -0.2) is 35.6 Å². The molecule has 5 heteroatoms. The Kier molecular flexibility index (Phi) is 3.58. The minimum Gasteiger partial charge on any atom is -0.396 e. The van der Waals surface area contributed by atoms with Gasteiger partial charge in [-0.2, -0.15) is 0 Å². The van der Waals surface area contributed by atoms with E-state index in [1.165, 1.54) is 0 Å². The Bertz CT molecular complexity index is 399. The number of anilines is 1. The van der Waals surface area contributed by atoms with Crippen molar-refractivity contribution in [2.45, 2.75) is 12.8 Å². The molecular formula is C12H18N4O. The first-order valence-electron chi connectivity index (χ1n) is 5.87. The summed E-state index contributed by atoms with van der Waals surface area (Å²) in [5.74, 6) is 1.24. The monoisotopic (exact) mass is 234 g/mol. The lowest BCUT2D eigenvalue weighted by Crippen LogP contribution is -2.36. The maximum atomic E-state index is 9.10. The number of aromatic nitrogens is 1. The lowest BCUT2D eigenvalue weighted by atomic mass is 9.97. The van der Waals surface area contributed by atoms with Crippen molar-refractivity contribution in [2.24, 2.45) is 11.7 Å². The van der Waals surface area contributed by atoms with Gasteiger partial charge in [0.15, 0.2) is 0 Å². The highest BCUT2D eigenvalue weighted by Crippen LogP contribution is 2.23. The number of nitrogens with zero attached hydrogens (tertiary/aromatic N) is 2. The van der Waals surface area contributed by atoms with Gasteiger partial charge < -0.3 is 15.7 Å². The maximum Gasteiger partial charge on any atom is 0.139 e. The molecule has 0 unspecified atom stereocenters. The van der Waals surface area contributed by atoms with E-state index in [0.717, 1.165) is 31.7 Å². The van der Waals surface area contributed by atoms with Gasteiger partial charge in [-0.15, -0.1) is 0 Å². The van der Waals surface area contributed by atoms with Gasteiger partial charge in [-0.3, -0.25) is 5.41 Å². The van der Waals surface area contributed by atoms with Gasteiger partial charge in [0.2, 0.25) is 0 Å². The van der Waals surface area contributed by atoms with E-state index in [-0.39, 0.29) is 12.4 Å². The van der Waals surface area contributed by atoms with Crippen molar-refractivity contribution in [1.82, 2.24) is 4.98 Å². The Morgan fingerprint density at radius 1 is 1.53 bits per heavy atom.